The molecule has 0 aromatic heterocycles. The van der Waals surface area contributed by atoms with Crippen LogP contribution in [0.4, 0.5) is 0 Å². The van der Waals surface area contributed by atoms with Crippen molar-refractivity contribution in [2.75, 3.05) is 14.2 Å². The number of ether oxygens (including phenoxy) is 3. The van der Waals surface area contributed by atoms with Gasteiger partial charge in [0.1, 0.15) is 6.10 Å². The zero-order valence-corrected chi connectivity index (χ0v) is 17.9. The summed E-state index contributed by atoms with van der Waals surface area (Å²) < 4.78 is 16.3. The summed E-state index contributed by atoms with van der Waals surface area (Å²) >= 11 is 0. The molecule has 1 atom stereocenters. The van der Waals surface area contributed by atoms with Crippen molar-refractivity contribution < 1.29 is 19.0 Å². The van der Waals surface area contributed by atoms with Crippen LogP contribution in [0.3, 0.4) is 0 Å². The SMILES string of the molecule is C=C1CC(CCCCCCCCCCc2ccc(C)c(OC)c2OC)OC1=O. The van der Waals surface area contributed by atoms with Crippen LogP contribution in [-0.2, 0) is 16.0 Å². The van der Waals surface area contributed by atoms with E-state index in [9.17, 15) is 4.79 Å². The molecule has 4 heteroatoms. The number of methoxy groups -OCH3 is 2. The van der Waals surface area contributed by atoms with E-state index < -0.39 is 0 Å². The van der Waals surface area contributed by atoms with Gasteiger partial charge >= 0.3 is 5.97 Å². The lowest BCUT2D eigenvalue weighted by molar-refractivity contribution is -0.139. The van der Waals surface area contributed by atoms with Crippen LogP contribution in [0.25, 0.3) is 0 Å². The molecule has 1 heterocycles. The molecule has 0 radical (unpaired) electrons. The van der Waals surface area contributed by atoms with Gasteiger partial charge in [0.25, 0.3) is 0 Å². The molecular formula is C24H36O4. The Hall–Kier alpha value is -1.97. The number of hydrogen-bond donors (Lipinski definition) is 0. The Balaban J connectivity index is 1.51. The fourth-order valence-corrected chi connectivity index (χ4v) is 3.92. The van der Waals surface area contributed by atoms with Gasteiger partial charge in [0.15, 0.2) is 11.5 Å². The van der Waals surface area contributed by atoms with E-state index in [1.165, 1.54) is 50.5 Å². The van der Waals surface area contributed by atoms with E-state index >= 15 is 0 Å². The van der Waals surface area contributed by atoms with Gasteiger partial charge in [0, 0.05) is 12.0 Å². The smallest absolute Gasteiger partial charge is 0.333 e. The van der Waals surface area contributed by atoms with Gasteiger partial charge in [-0.3, -0.25) is 0 Å². The molecule has 0 amide bonds. The van der Waals surface area contributed by atoms with Crippen LogP contribution in [0, 0.1) is 6.92 Å². The molecule has 0 saturated carbocycles. The average Bonchev–Trinajstić information content (AvgIpc) is 3.01. The number of esters is 1. The maximum absolute atomic E-state index is 11.3. The number of carbonyl (C=O) groups excluding carboxylic acids is 1. The third-order valence-electron chi connectivity index (χ3n) is 5.56. The molecule has 1 aliphatic rings. The first kappa shape index (κ1) is 22.3. The second kappa shape index (κ2) is 11.8. The predicted molar refractivity (Wildman–Crippen MR) is 113 cm³/mol. The average molecular weight is 389 g/mol. The Kier molecular flexibility index (Phi) is 9.39. The summed E-state index contributed by atoms with van der Waals surface area (Å²) in [4.78, 5) is 11.3. The van der Waals surface area contributed by atoms with Crippen LogP contribution < -0.4 is 9.47 Å². The zero-order chi connectivity index (χ0) is 20.4. The third-order valence-corrected chi connectivity index (χ3v) is 5.56. The van der Waals surface area contributed by atoms with E-state index in [1.54, 1.807) is 14.2 Å². The van der Waals surface area contributed by atoms with E-state index in [1.807, 2.05) is 6.92 Å². The van der Waals surface area contributed by atoms with Gasteiger partial charge in [0.2, 0.25) is 0 Å². The van der Waals surface area contributed by atoms with Gasteiger partial charge in [-0.2, -0.15) is 0 Å². The maximum Gasteiger partial charge on any atom is 0.333 e. The second-order valence-corrected chi connectivity index (χ2v) is 7.81. The van der Waals surface area contributed by atoms with Crippen molar-refractivity contribution in [3.8, 4) is 11.5 Å². The number of unbranched alkanes of at least 4 members (excludes halogenated alkanes) is 7. The highest BCUT2D eigenvalue weighted by Crippen LogP contribution is 2.35. The summed E-state index contributed by atoms with van der Waals surface area (Å²) in [5, 5.41) is 0. The Morgan fingerprint density at radius 3 is 2.14 bits per heavy atom. The third kappa shape index (κ3) is 6.57. The fraction of sp³-hybridized carbons (Fsp3) is 0.625. The van der Waals surface area contributed by atoms with Crippen LogP contribution >= 0.6 is 0 Å². The number of rotatable bonds is 13. The molecule has 1 aliphatic heterocycles. The lowest BCUT2D eigenvalue weighted by atomic mass is 10.0. The topological polar surface area (TPSA) is 44.8 Å². The first-order chi connectivity index (χ1) is 13.6. The van der Waals surface area contributed by atoms with Crippen molar-refractivity contribution in [2.24, 2.45) is 0 Å². The Bertz CT molecular complexity index is 634. The predicted octanol–water partition coefficient (Wildman–Crippen LogP) is 5.94. The number of aryl methyl sites for hydroxylation is 2. The van der Waals surface area contributed by atoms with Gasteiger partial charge in [-0.15, -0.1) is 0 Å². The van der Waals surface area contributed by atoms with Crippen molar-refractivity contribution in [3.63, 3.8) is 0 Å². The number of carbonyl (C=O) groups is 1. The molecule has 4 nitrogen and oxygen atoms in total. The molecule has 0 aliphatic carbocycles. The molecule has 0 spiro atoms. The van der Waals surface area contributed by atoms with Gasteiger partial charge in [-0.25, -0.2) is 4.79 Å². The van der Waals surface area contributed by atoms with E-state index in [0.29, 0.717) is 5.57 Å². The highest BCUT2D eigenvalue weighted by Gasteiger charge is 2.26. The standard InChI is InChI=1S/C24H36O4/c1-18-15-16-20(23(27-4)22(18)26-3)13-11-9-7-5-6-8-10-12-14-21-17-19(2)24(25)28-21/h15-16,21H,2,5-14,17H2,1,3-4H3. The zero-order valence-electron chi connectivity index (χ0n) is 17.9. The summed E-state index contributed by atoms with van der Waals surface area (Å²) in [6, 6.07) is 4.27. The molecule has 156 valence electrons. The summed E-state index contributed by atoms with van der Waals surface area (Å²) in [7, 11) is 3.42. The van der Waals surface area contributed by atoms with Crippen molar-refractivity contribution in [1.29, 1.82) is 0 Å². The largest absolute Gasteiger partial charge is 0.493 e. The van der Waals surface area contributed by atoms with Crippen LogP contribution in [-0.4, -0.2) is 26.3 Å². The molecule has 2 rings (SSSR count). The minimum atomic E-state index is -0.202. The summed E-state index contributed by atoms with van der Waals surface area (Å²) in [6.45, 7) is 5.78. The molecule has 1 fully saturated rings. The summed E-state index contributed by atoms with van der Waals surface area (Å²) in [5.41, 5.74) is 2.98. The highest BCUT2D eigenvalue weighted by molar-refractivity contribution is 5.89. The van der Waals surface area contributed by atoms with Gasteiger partial charge in [-0.05, 0) is 43.7 Å². The molecule has 0 bridgehead atoms. The van der Waals surface area contributed by atoms with E-state index in [4.69, 9.17) is 14.2 Å². The van der Waals surface area contributed by atoms with Gasteiger partial charge in [0.05, 0.1) is 14.2 Å². The Labute approximate surface area is 170 Å². The highest BCUT2D eigenvalue weighted by atomic mass is 16.5. The second-order valence-electron chi connectivity index (χ2n) is 7.81. The van der Waals surface area contributed by atoms with Crippen LogP contribution in [0.15, 0.2) is 24.3 Å². The molecule has 0 N–H and O–H groups in total. The minimum absolute atomic E-state index is 0.0809. The van der Waals surface area contributed by atoms with Crippen molar-refractivity contribution >= 4 is 5.97 Å². The van der Waals surface area contributed by atoms with E-state index in [0.717, 1.165) is 42.7 Å². The van der Waals surface area contributed by atoms with Gasteiger partial charge < -0.3 is 14.2 Å². The van der Waals surface area contributed by atoms with Crippen LogP contribution in [0.2, 0.25) is 0 Å². The first-order valence-corrected chi connectivity index (χ1v) is 10.7. The van der Waals surface area contributed by atoms with Crippen LogP contribution in [0.1, 0.15) is 75.3 Å². The monoisotopic (exact) mass is 388 g/mol. The quantitative estimate of drug-likeness (QED) is 0.238. The Morgan fingerprint density at radius 1 is 0.964 bits per heavy atom. The van der Waals surface area contributed by atoms with E-state index in [-0.39, 0.29) is 12.1 Å². The van der Waals surface area contributed by atoms with Crippen LogP contribution in [0.5, 0.6) is 11.5 Å². The van der Waals surface area contributed by atoms with Crippen molar-refractivity contribution in [3.05, 3.63) is 35.4 Å². The summed E-state index contributed by atoms with van der Waals surface area (Å²) in [6.07, 6.45) is 12.7. The number of hydrogen-bond acceptors (Lipinski definition) is 4. The maximum atomic E-state index is 11.3. The normalized spacial score (nSPS) is 16.3. The lowest BCUT2D eigenvalue weighted by Crippen LogP contribution is -2.06. The van der Waals surface area contributed by atoms with Gasteiger partial charge in [-0.1, -0.05) is 57.2 Å². The summed E-state index contributed by atoms with van der Waals surface area (Å²) in [5.74, 6) is 1.54. The Morgan fingerprint density at radius 2 is 1.57 bits per heavy atom. The molecule has 1 unspecified atom stereocenters. The first-order valence-electron chi connectivity index (χ1n) is 10.7. The minimum Gasteiger partial charge on any atom is -0.493 e. The fourth-order valence-electron chi connectivity index (χ4n) is 3.92. The number of cyclic esters (lactones) is 1. The van der Waals surface area contributed by atoms with E-state index in [2.05, 4.69) is 18.7 Å². The lowest BCUT2D eigenvalue weighted by Gasteiger charge is -2.14. The van der Waals surface area contributed by atoms with Crippen molar-refractivity contribution in [2.45, 2.75) is 83.7 Å². The number of benzene rings is 1. The molecule has 1 aromatic rings. The van der Waals surface area contributed by atoms with Crippen molar-refractivity contribution in [1.82, 2.24) is 0 Å². The molecule has 28 heavy (non-hydrogen) atoms. The molecule has 1 aromatic carbocycles. The molecule has 1 saturated heterocycles. The molecular weight excluding hydrogens is 352 g/mol.